The lowest BCUT2D eigenvalue weighted by molar-refractivity contribution is -0.139. The number of aliphatic carboxylic acids is 1. The monoisotopic (exact) mass is 225 g/mol. The van der Waals surface area contributed by atoms with Crippen LogP contribution in [-0.4, -0.2) is 34.6 Å². The van der Waals surface area contributed by atoms with Crippen LogP contribution in [0.4, 0.5) is 0 Å². The molecule has 0 spiro atoms. The normalized spacial score (nSPS) is 30.6. The molecule has 2 aliphatic carbocycles. The van der Waals surface area contributed by atoms with Gasteiger partial charge in [-0.1, -0.05) is 13.3 Å². The van der Waals surface area contributed by atoms with E-state index in [2.05, 4.69) is 11.8 Å². The molecular formula is C13H23NO2. The minimum Gasteiger partial charge on any atom is -0.480 e. The first kappa shape index (κ1) is 11.9. The van der Waals surface area contributed by atoms with E-state index in [1.165, 1.54) is 44.9 Å². The number of carbonyl (C=O) groups is 1. The van der Waals surface area contributed by atoms with Crippen molar-refractivity contribution in [2.75, 3.05) is 6.54 Å². The number of carboxylic acids is 1. The van der Waals surface area contributed by atoms with Crippen LogP contribution in [0.3, 0.4) is 0 Å². The smallest absolute Gasteiger partial charge is 0.317 e. The molecule has 3 heteroatoms. The van der Waals surface area contributed by atoms with Gasteiger partial charge in [0, 0.05) is 12.1 Å². The van der Waals surface area contributed by atoms with Crippen molar-refractivity contribution >= 4 is 5.97 Å². The Morgan fingerprint density at radius 3 is 2.00 bits per heavy atom. The molecule has 0 aromatic carbocycles. The first-order valence-corrected chi connectivity index (χ1v) is 6.68. The molecule has 0 heterocycles. The van der Waals surface area contributed by atoms with Crippen molar-refractivity contribution in [3.05, 3.63) is 0 Å². The number of hydrogen-bond acceptors (Lipinski definition) is 2. The fraction of sp³-hybridized carbons (Fsp3) is 0.923. The molecule has 0 amide bonds. The Morgan fingerprint density at radius 1 is 1.12 bits per heavy atom. The van der Waals surface area contributed by atoms with E-state index in [4.69, 9.17) is 5.11 Å². The maximum atomic E-state index is 10.9. The van der Waals surface area contributed by atoms with Crippen molar-refractivity contribution in [3.8, 4) is 0 Å². The molecule has 0 bridgehead atoms. The topological polar surface area (TPSA) is 40.5 Å². The molecule has 16 heavy (non-hydrogen) atoms. The fourth-order valence-corrected chi connectivity index (χ4v) is 3.00. The molecule has 0 unspecified atom stereocenters. The Hall–Kier alpha value is -0.570. The van der Waals surface area contributed by atoms with Crippen molar-refractivity contribution in [1.29, 1.82) is 0 Å². The van der Waals surface area contributed by atoms with E-state index >= 15 is 0 Å². The summed E-state index contributed by atoms with van der Waals surface area (Å²) in [5.41, 5.74) is 0. The highest BCUT2D eigenvalue weighted by atomic mass is 16.4. The molecule has 2 rings (SSSR count). The molecule has 2 saturated carbocycles. The first-order valence-electron chi connectivity index (χ1n) is 6.68. The van der Waals surface area contributed by atoms with Gasteiger partial charge in [0.15, 0.2) is 0 Å². The van der Waals surface area contributed by atoms with E-state index in [9.17, 15) is 4.79 Å². The Morgan fingerprint density at radius 2 is 1.62 bits per heavy atom. The van der Waals surface area contributed by atoms with Crippen molar-refractivity contribution in [2.45, 2.75) is 64.0 Å². The fourth-order valence-electron chi connectivity index (χ4n) is 3.00. The summed E-state index contributed by atoms with van der Waals surface area (Å²) in [7, 11) is 0. The third-order valence-corrected chi connectivity index (χ3v) is 4.20. The van der Waals surface area contributed by atoms with Crippen LogP contribution in [0.25, 0.3) is 0 Å². The minimum atomic E-state index is -0.662. The molecule has 0 aromatic rings. The SMILES string of the molecule is CCC1CCC(N(CC(=O)O)C2CC2)CC1. The Bertz CT molecular complexity index is 242. The summed E-state index contributed by atoms with van der Waals surface area (Å²) in [5.74, 6) is 0.228. The molecule has 0 saturated heterocycles. The highest BCUT2D eigenvalue weighted by Gasteiger charge is 2.36. The van der Waals surface area contributed by atoms with E-state index in [1.807, 2.05) is 0 Å². The summed E-state index contributed by atoms with van der Waals surface area (Å²) >= 11 is 0. The number of rotatable bonds is 5. The molecule has 2 aliphatic rings. The molecule has 0 radical (unpaired) electrons. The predicted molar refractivity (Wildman–Crippen MR) is 63.4 cm³/mol. The highest BCUT2D eigenvalue weighted by molar-refractivity contribution is 5.69. The lowest BCUT2D eigenvalue weighted by atomic mass is 9.84. The summed E-state index contributed by atoms with van der Waals surface area (Å²) in [6.07, 6.45) is 8.72. The van der Waals surface area contributed by atoms with Crippen LogP contribution in [-0.2, 0) is 4.79 Å². The Labute approximate surface area is 97.8 Å². The predicted octanol–water partition coefficient (Wildman–Crippen LogP) is 2.50. The van der Waals surface area contributed by atoms with Crippen molar-refractivity contribution < 1.29 is 9.90 Å². The van der Waals surface area contributed by atoms with Crippen LogP contribution in [0, 0.1) is 5.92 Å². The van der Waals surface area contributed by atoms with Gasteiger partial charge in [0.1, 0.15) is 0 Å². The maximum absolute atomic E-state index is 10.9. The largest absolute Gasteiger partial charge is 0.480 e. The van der Waals surface area contributed by atoms with Gasteiger partial charge < -0.3 is 5.11 Å². The average Bonchev–Trinajstić information content (AvgIpc) is 3.10. The third-order valence-electron chi connectivity index (χ3n) is 4.20. The third kappa shape index (κ3) is 2.97. The van der Waals surface area contributed by atoms with Crippen LogP contribution >= 0.6 is 0 Å². The van der Waals surface area contributed by atoms with Crippen LogP contribution in [0.1, 0.15) is 51.9 Å². The second-order valence-electron chi connectivity index (χ2n) is 5.38. The van der Waals surface area contributed by atoms with E-state index in [0.717, 1.165) is 5.92 Å². The number of hydrogen-bond donors (Lipinski definition) is 1. The summed E-state index contributed by atoms with van der Waals surface area (Å²) in [6.45, 7) is 2.52. The lowest BCUT2D eigenvalue weighted by Crippen LogP contribution is -2.42. The molecule has 0 aliphatic heterocycles. The van der Waals surface area contributed by atoms with Gasteiger partial charge >= 0.3 is 5.97 Å². The van der Waals surface area contributed by atoms with E-state index in [0.29, 0.717) is 12.1 Å². The van der Waals surface area contributed by atoms with Gasteiger partial charge in [-0.25, -0.2) is 0 Å². The zero-order valence-corrected chi connectivity index (χ0v) is 10.2. The molecule has 0 atom stereocenters. The average molecular weight is 225 g/mol. The van der Waals surface area contributed by atoms with Gasteiger partial charge in [0.05, 0.1) is 6.54 Å². The summed E-state index contributed by atoms with van der Waals surface area (Å²) in [6, 6.07) is 1.13. The molecule has 0 aromatic heterocycles. The zero-order valence-electron chi connectivity index (χ0n) is 10.2. The minimum absolute atomic E-state index is 0.256. The highest BCUT2D eigenvalue weighted by Crippen LogP contribution is 2.35. The van der Waals surface area contributed by atoms with Crippen molar-refractivity contribution in [3.63, 3.8) is 0 Å². The van der Waals surface area contributed by atoms with Crippen LogP contribution in [0.2, 0.25) is 0 Å². The van der Waals surface area contributed by atoms with Gasteiger partial charge in [-0.2, -0.15) is 0 Å². The maximum Gasteiger partial charge on any atom is 0.317 e. The number of carboxylic acid groups (broad SMARTS) is 1. The van der Waals surface area contributed by atoms with Gasteiger partial charge in [-0.05, 0) is 44.4 Å². The second-order valence-corrected chi connectivity index (χ2v) is 5.38. The molecule has 92 valence electrons. The van der Waals surface area contributed by atoms with Crippen LogP contribution in [0.5, 0.6) is 0 Å². The molecule has 1 N–H and O–H groups in total. The Kier molecular flexibility index (Phi) is 3.85. The van der Waals surface area contributed by atoms with E-state index in [-0.39, 0.29) is 6.54 Å². The quantitative estimate of drug-likeness (QED) is 0.781. The summed E-state index contributed by atoms with van der Waals surface area (Å²) in [4.78, 5) is 13.1. The van der Waals surface area contributed by atoms with E-state index < -0.39 is 5.97 Å². The van der Waals surface area contributed by atoms with Gasteiger partial charge in [-0.3, -0.25) is 9.69 Å². The summed E-state index contributed by atoms with van der Waals surface area (Å²) in [5, 5.41) is 8.95. The van der Waals surface area contributed by atoms with Gasteiger partial charge in [0.25, 0.3) is 0 Å². The standard InChI is InChI=1S/C13H23NO2/c1-2-10-3-5-11(6-4-10)14(9-13(15)16)12-7-8-12/h10-12H,2-9H2,1H3,(H,15,16). The zero-order chi connectivity index (χ0) is 11.5. The van der Waals surface area contributed by atoms with E-state index in [1.54, 1.807) is 0 Å². The van der Waals surface area contributed by atoms with Crippen molar-refractivity contribution in [1.82, 2.24) is 4.90 Å². The van der Waals surface area contributed by atoms with Crippen molar-refractivity contribution in [2.24, 2.45) is 5.92 Å². The van der Waals surface area contributed by atoms with Gasteiger partial charge in [-0.15, -0.1) is 0 Å². The second kappa shape index (κ2) is 5.17. The van der Waals surface area contributed by atoms with Crippen LogP contribution in [0.15, 0.2) is 0 Å². The summed E-state index contributed by atoms with van der Waals surface area (Å²) < 4.78 is 0. The first-order chi connectivity index (χ1) is 7.70. The molecule has 3 nitrogen and oxygen atoms in total. The molecule has 2 fully saturated rings. The van der Waals surface area contributed by atoms with Crippen LogP contribution < -0.4 is 0 Å². The lowest BCUT2D eigenvalue weighted by Gasteiger charge is -2.36. The Balaban J connectivity index is 1.86. The van der Waals surface area contributed by atoms with Gasteiger partial charge in [0.2, 0.25) is 0 Å². The molecular weight excluding hydrogens is 202 g/mol. The number of nitrogens with zero attached hydrogens (tertiary/aromatic N) is 1.